The molecular formula is C27H29N5O2. The van der Waals surface area contributed by atoms with E-state index in [-0.39, 0.29) is 11.8 Å². The number of anilines is 1. The minimum atomic E-state index is -0.512. The van der Waals surface area contributed by atoms with Gasteiger partial charge in [0.25, 0.3) is 0 Å². The molecule has 0 spiro atoms. The summed E-state index contributed by atoms with van der Waals surface area (Å²) < 4.78 is 7.38. The van der Waals surface area contributed by atoms with Crippen LogP contribution in [0.4, 0.5) is 5.82 Å². The zero-order valence-electron chi connectivity index (χ0n) is 19.6. The number of hydrogen-bond donors (Lipinski definition) is 2. The van der Waals surface area contributed by atoms with E-state index >= 15 is 0 Å². The summed E-state index contributed by atoms with van der Waals surface area (Å²) in [6, 6.07) is 21.2. The van der Waals surface area contributed by atoms with Crippen LogP contribution >= 0.6 is 0 Å². The van der Waals surface area contributed by atoms with Gasteiger partial charge in [0.2, 0.25) is 5.91 Å². The lowest BCUT2D eigenvalue weighted by molar-refractivity contribution is -0.118. The molecule has 0 unspecified atom stereocenters. The minimum absolute atomic E-state index is 0.171. The number of amides is 1. The summed E-state index contributed by atoms with van der Waals surface area (Å²) in [6.07, 6.45) is 4.97. The Morgan fingerprint density at radius 2 is 1.74 bits per heavy atom. The quantitative estimate of drug-likeness (QED) is 0.372. The number of ether oxygens (including phenoxy) is 1. The number of pyridine rings is 1. The fourth-order valence-electron chi connectivity index (χ4n) is 3.62. The molecule has 2 aromatic heterocycles. The van der Waals surface area contributed by atoms with Crippen LogP contribution in [0.5, 0.6) is 11.5 Å². The number of nitrogens with zero attached hydrogens (tertiary/aromatic N) is 3. The molecule has 2 heterocycles. The number of carbonyl (C=O) groups is 1. The predicted octanol–water partition coefficient (Wildman–Crippen LogP) is 4.99. The Bertz CT molecular complexity index is 1200. The van der Waals surface area contributed by atoms with Gasteiger partial charge in [0, 0.05) is 13.6 Å². The van der Waals surface area contributed by atoms with Gasteiger partial charge in [-0.05, 0) is 36.1 Å². The van der Waals surface area contributed by atoms with E-state index in [2.05, 4.69) is 58.8 Å². The maximum Gasteiger partial charge on any atom is 0.247 e. The molecule has 2 atom stereocenters. The molecule has 0 aliphatic carbocycles. The molecule has 0 saturated carbocycles. The molecule has 0 aliphatic rings. The van der Waals surface area contributed by atoms with Gasteiger partial charge in [-0.1, -0.05) is 67.1 Å². The average molecular weight is 456 g/mol. The molecule has 34 heavy (non-hydrogen) atoms. The summed E-state index contributed by atoms with van der Waals surface area (Å²) in [5.74, 6) is 1.73. The lowest BCUT2D eigenvalue weighted by Crippen LogP contribution is -2.35. The SMILES string of the molecule is Cc1ccc([C@@H](C)CN[C@@H](C(=O)Nc2ccc(Oc3cnn(C)c3)cn2)c2ccccc2)cc1. The Labute approximate surface area is 199 Å². The van der Waals surface area contributed by atoms with Crippen LogP contribution in [0.2, 0.25) is 0 Å². The van der Waals surface area contributed by atoms with Crippen LogP contribution in [0.15, 0.2) is 85.3 Å². The van der Waals surface area contributed by atoms with Crippen molar-refractivity contribution in [3.05, 3.63) is 102 Å². The summed E-state index contributed by atoms with van der Waals surface area (Å²) in [4.78, 5) is 17.6. The van der Waals surface area contributed by atoms with Crippen LogP contribution in [0.1, 0.15) is 35.6 Å². The summed E-state index contributed by atoms with van der Waals surface area (Å²) >= 11 is 0. The van der Waals surface area contributed by atoms with Gasteiger partial charge in [-0.25, -0.2) is 4.98 Å². The number of aromatic nitrogens is 3. The molecule has 7 nitrogen and oxygen atoms in total. The third-order valence-electron chi connectivity index (χ3n) is 5.57. The first-order valence-electron chi connectivity index (χ1n) is 11.3. The van der Waals surface area contributed by atoms with E-state index in [1.54, 1.807) is 35.4 Å². The Kier molecular flexibility index (Phi) is 7.34. The molecule has 174 valence electrons. The van der Waals surface area contributed by atoms with Crippen molar-refractivity contribution in [1.82, 2.24) is 20.1 Å². The molecule has 0 radical (unpaired) electrons. The maximum absolute atomic E-state index is 13.2. The third-order valence-corrected chi connectivity index (χ3v) is 5.57. The molecule has 4 aromatic rings. The largest absolute Gasteiger partial charge is 0.452 e. The number of hydrogen-bond acceptors (Lipinski definition) is 5. The number of carbonyl (C=O) groups excluding carboxylic acids is 1. The first-order chi connectivity index (χ1) is 16.5. The monoisotopic (exact) mass is 455 g/mol. The number of nitrogens with one attached hydrogen (secondary N) is 2. The summed E-state index contributed by atoms with van der Waals surface area (Å²) in [5.41, 5.74) is 3.36. The van der Waals surface area contributed by atoms with Gasteiger partial charge >= 0.3 is 0 Å². The topological polar surface area (TPSA) is 81.1 Å². The zero-order chi connectivity index (χ0) is 23.9. The molecule has 0 saturated heterocycles. The Balaban J connectivity index is 1.42. The summed E-state index contributed by atoms with van der Waals surface area (Å²) in [6.45, 7) is 4.88. The fourth-order valence-corrected chi connectivity index (χ4v) is 3.62. The Morgan fingerprint density at radius 3 is 2.38 bits per heavy atom. The van der Waals surface area contributed by atoms with E-state index in [9.17, 15) is 4.79 Å². The highest BCUT2D eigenvalue weighted by molar-refractivity contribution is 5.94. The first kappa shape index (κ1) is 23.2. The van der Waals surface area contributed by atoms with E-state index in [0.717, 1.165) is 5.56 Å². The van der Waals surface area contributed by atoms with Crippen LogP contribution in [0.25, 0.3) is 0 Å². The second kappa shape index (κ2) is 10.8. The van der Waals surface area contributed by atoms with Crippen LogP contribution in [0.3, 0.4) is 0 Å². The van der Waals surface area contributed by atoms with E-state index in [4.69, 9.17) is 4.74 Å². The molecule has 1 amide bonds. The number of benzene rings is 2. The van der Waals surface area contributed by atoms with Crippen LogP contribution in [0, 0.1) is 6.92 Å². The minimum Gasteiger partial charge on any atom is -0.452 e. The second-order valence-corrected chi connectivity index (χ2v) is 8.38. The molecular weight excluding hydrogens is 426 g/mol. The van der Waals surface area contributed by atoms with Crippen molar-refractivity contribution < 1.29 is 9.53 Å². The highest BCUT2D eigenvalue weighted by Crippen LogP contribution is 2.22. The molecule has 0 aliphatic heterocycles. The predicted molar refractivity (Wildman–Crippen MR) is 133 cm³/mol. The van der Waals surface area contributed by atoms with Gasteiger partial charge < -0.3 is 15.4 Å². The van der Waals surface area contributed by atoms with E-state index in [0.29, 0.717) is 23.9 Å². The van der Waals surface area contributed by atoms with Crippen molar-refractivity contribution in [2.24, 2.45) is 7.05 Å². The van der Waals surface area contributed by atoms with Crippen LogP contribution < -0.4 is 15.4 Å². The zero-order valence-corrected chi connectivity index (χ0v) is 19.6. The molecule has 0 fully saturated rings. The van der Waals surface area contributed by atoms with Gasteiger partial charge in [-0.2, -0.15) is 5.10 Å². The Hall–Kier alpha value is -3.97. The van der Waals surface area contributed by atoms with Crippen molar-refractivity contribution in [1.29, 1.82) is 0 Å². The van der Waals surface area contributed by atoms with Gasteiger partial charge in [0.05, 0.1) is 18.6 Å². The smallest absolute Gasteiger partial charge is 0.247 e. The van der Waals surface area contributed by atoms with Crippen molar-refractivity contribution >= 4 is 11.7 Å². The van der Waals surface area contributed by atoms with Crippen molar-refractivity contribution in [2.75, 3.05) is 11.9 Å². The summed E-state index contributed by atoms with van der Waals surface area (Å²) in [5, 5.41) is 10.4. The van der Waals surface area contributed by atoms with Crippen molar-refractivity contribution in [3.8, 4) is 11.5 Å². The van der Waals surface area contributed by atoms with Crippen molar-refractivity contribution in [3.63, 3.8) is 0 Å². The maximum atomic E-state index is 13.2. The molecule has 2 N–H and O–H groups in total. The average Bonchev–Trinajstić information content (AvgIpc) is 3.26. The number of rotatable bonds is 9. The van der Waals surface area contributed by atoms with Crippen LogP contribution in [-0.2, 0) is 11.8 Å². The highest BCUT2D eigenvalue weighted by Gasteiger charge is 2.21. The van der Waals surface area contributed by atoms with Crippen LogP contribution in [-0.4, -0.2) is 27.2 Å². The van der Waals surface area contributed by atoms with Gasteiger partial charge in [0.1, 0.15) is 17.6 Å². The molecule has 2 aromatic carbocycles. The van der Waals surface area contributed by atoms with E-state index < -0.39 is 6.04 Å². The standard InChI is InChI=1S/C27H29N5O2/c1-19-9-11-21(12-10-19)20(2)15-29-26(22-7-5-4-6-8-22)27(33)31-25-14-13-23(16-28-25)34-24-17-30-32(3)18-24/h4-14,16-18,20,26,29H,15H2,1-3H3,(H,28,31,33)/t20-,26+/m0/s1. The van der Waals surface area contributed by atoms with E-state index in [1.807, 2.05) is 37.4 Å². The van der Waals surface area contributed by atoms with Gasteiger partial charge in [-0.3, -0.25) is 9.48 Å². The molecule has 4 rings (SSSR count). The van der Waals surface area contributed by atoms with Crippen molar-refractivity contribution in [2.45, 2.75) is 25.8 Å². The lowest BCUT2D eigenvalue weighted by Gasteiger charge is -2.21. The van der Waals surface area contributed by atoms with Gasteiger partial charge in [-0.15, -0.1) is 0 Å². The summed E-state index contributed by atoms with van der Waals surface area (Å²) in [7, 11) is 1.82. The van der Waals surface area contributed by atoms with E-state index in [1.165, 1.54) is 11.1 Å². The number of aryl methyl sites for hydroxylation is 2. The lowest BCUT2D eigenvalue weighted by atomic mass is 9.98. The first-order valence-corrected chi connectivity index (χ1v) is 11.3. The Morgan fingerprint density at radius 1 is 0.971 bits per heavy atom. The fraction of sp³-hybridized carbons (Fsp3) is 0.222. The normalized spacial score (nSPS) is 12.7. The highest BCUT2D eigenvalue weighted by atomic mass is 16.5. The molecule has 0 bridgehead atoms. The third kappa shape index (κ3) is 6.08. The molecule has 7 heteroatoms. The second-order valence-electron chi connectivity index (χ2n) is 8.38. The van der Waals surface area contributed by atoms with Gasteiger partial charge in [0.15, 0.2) is 5.75 Å².